The van der Waals surface area contributed by atoms with Gasteiger partial charge < -0.3 is 10.1 Å². The van der Waals surface area contributed by atoms with E-state index in [-0.39, 0.29) is 23.7 Å². The van der Waals surface area contributed by atoms with E-state index in [9.17, 15) is 4.79 Å². The number of allylic oxidation sites excluding steroid dienone is 1. The Balaban J connectivity index is 1.62. The fourth-order valence-corrected chi connectivity index (χ4v) is 4.06. The van der Waals surface area contributed by atoms with Crippen LogP contribution in [0, 0.1) is 0 Å². The van der Waals surface area contributed by atoms with E-state index in [4.69, 9.17) is 27.9 Å². The van der Waals surface area contributed by atoms with E-state index in [1.54, 1.807) is 24.3 Å². The van der Waals surface area contributed by atoms with Crippen LogP contribution in [0.4, 0.5) is 5.69 Å². The Labute approximate surface area is 208 Å². The maximum absolute atomic E-state index is 12.4. The van der Waals surface area contributed by atoms with Gasteiger partial charge in [0.1, 0.15) is 12.4 Å². The van der Waals surface area contributed by atoms with Crippen LogP contribution in [0.25, 0.3) is 0 Å². The van der Waals surface area contributed by atoms with E-state index in [2.05, 4.69) is 55.0 Å². The molecule has 0 atom stereocenters. The average Bonchev–Trinajstić information content (AvgIpc) is 3.15. The van der Waals surface area contributed by atoms with Crippen molar-refractivity contribution >= 4 is 46.6 Å². The number of aromatic nitrogens is 3. The number of nitrogens with one attached hydrogen (secondary N) is 1. The van der Waals surface area contributed by atoms with Crippen LogP contribution in [0.2, 0.25) is 10.0 Å². The summed E-state index contributed by atoms with van der Waals surface area (Å²) in [4.78, 5) is 12.4. The smallest absolute Gasteiger partial charge is 0.234 e. The van der Waals surface area contributed by atoms with Crippen LogP contribution in [-0.2, 0) is 23.4 Å². The maximum Gasteiger partial charge on any atom is 0.234 e. The molecule has 174 valence electrons. The lowest BCUT2D eigenvalue weighted by molar-refractivity contribution is -0.113. The second kappa shape index (κ2) is 11.1. The van der Waals surface area contributed by atoms with Gasteiger partial charge in [0.2, 0.25) is 5.91 Å². The number of anilines is 1. The van der Waals surface area contributed by atoms with Crippen molar-refractivity contribution in [2.75, 3.05) is 11.1 Å². The first-order valence-corrected chi connectivity index (χ1v) is 12.1. The first-order chi connectivity index (χ1) is 15.7. The van der Waals surface area contributed by atoms with Crippen LogP contribution in [0.1, 0.15) is 32.2 Å². The largest absolute Gasteiger partial charge is 0.486 e. The number of hydrogen-bond acceptors (Lipinski definition) is 5. The Morgan fingerprint density at radius 1 is 1.18 bits per heavy atom. The molecule has 0 bridgehead atoms. The number of carbonyl (C=O) groups is 1. The Kier molecular flexibility index (Phi) is 8.46. The van der Waals surface area contributed by atoms with E-state index >= 15 is 0 Å². The number of rotatable bonds is 9. The molecule has 0 saturated heterocycles. The van der Waals surface area contributed by atoms with Gasteiger partial charge in [-0.3, -0.25) is 9.36 Å². The van der Waals surface area contributed by atoms with Crippen molar-refractivity contribution in [3.8, 4) is 5.75 Å². The van der Waals surface area contributed by atoms with Gasteiger partial charge in [0, 0.05) is 11.6 Å². The van der Waals surface area contributed by atoms with Crippen LogP contribution in [-0.4, -0.2) is 26.4 Å². The van der Waals surface area contributed by atoms with Gasteiger partial charge in [0.25, 0.3) is 0 Å². The number of nitrogens with zero attached hydrogens (tertiary/aromatic N) is 3. The van der Waals surface area contributed by atoms with Gasteiger partial charge >= 0.3 is 0 Å². The molecule has 1 aromatic heterocycles. The molecule has 3 rings (SSSR count). The first kappa shape index (κ1) is 25.1. The molecule has 0 aliphatic rings. The first-order valence-electron chi connectivity index (χ1n) is 10.3. The van der Waals surface area contributed by atoms with Gasteiger partial charge in [0.05, 0.1) is 16.5 Å². The molecule has 6 nitrogen and oxygen atoms in total. The predicted molar refractivity (Wildman–Crippen MR) is 136 cm³/mol. The number of carbonyl (C=O) groups excluding carboxylic acids is 1. The summed E-state index contributed by atoms with van der Waals surface area (Å²) in [5.74, 6) is 1.31. The molecule has 2 aromatic carbocycles. The summed E-state index contributed by atoms with van der Waals surface area (Å²) in [6.07, 6.45) is 1.75. The molecule has 0 aliphatic carbocycles. The molecule has 9 heteroatoms. The van der Waals surface area contributed by atoms with Gasteiger partial charge in [-0.2, -0.15) is 0 Å². The van der Waals surface area contributed by atoms with E-state index < -0.39 is 0 Å². The fraction of sp³-hybridized carbons (Fsp3) is 0.292. The molecule has 1 N–H and O–H groups in total. The highest BCUT2D eigenvalue weighted by Crippen LogP contribution is 2.27. The van der Waals surface area contributed by atoms with Gasteiger partial charge in [-0.25, -0.2) is 0 Å². The molecule has 0 unspecified atom stereocenters. The van der Waals surface area contributed by atoms with E-state index in [1.807, 2.05) is 16.7 Å². The molecule has 1 heterocycles. The standard InChI is InChI=1S/C24H26Cl2N4O2S/c1-5-12-30-21(14-32-18-9-6-16(7-10-18)24(2,3)4)28-29-23(30)33-15-22(31)27-20-13-17(25)8-11-19(20)26/h5-11,13H,1,12,14-15H2,2-4H3,(H,27,31). The lowest BCUT2D eigenvalue weighted by Gasteiger charge is -2.19. The Morgan fingerprint density at radius 2 is 1.91 bits per heavy atom. The second-order valence-corrected chi connectivity index (χ2v) is 10.1. The minimum absolute atomic E-state index is 0.0825. The van der Waals surface area contributed by atoms with Gasteiger partial charge in [0.15, 0.2) is 11.0 Å². The van der Waals surface area contributed by atoms with Gasteiger partial charge in [-0.1, -0.05) is 73.9 Å². The second-order valence-electron chi connectivity index (χ2n) is 8.32. The number of amides is 1. The topological polar surface area (TPSA) is 69.0 Å². The lowest BCUT2D eigenvalue weighted by atomic mass is 9.87. The molecule has 0 radical (unpaired) electrons. The number of thioether (sulfide) groups is 1. The summed E-state index contributed by atoms with van der Waals surface area (Å²) < 4.78 is 7.79. The molecule has 0 fully saturated rings. The number of hydrogen-bond donors (Lipinski definition) is 1. The highest BCUT2D eigenvalue weighted by molar-refractivity contribution is 7.99. The van der Waals surface area contributed by atoms with Crippen molar-refractivity contribution in [2.24, 2.45) is 0 Å². The van der Waals surface area contributed by atoms with Gasteiger partial charge in [-0.15, -0.1) is 16.8 Å². The summed E-state index contributed by atoms with van der Waals surface area (Å²) >= 11 is 13.4. The van der Waals surface area contributed by atoms with Crippen molar-refractivity contribution in [2.45, 2.75) is 44.5 Å². The lowest BCUT2D eigenvalue weighted by Crippen LogP contribution is -2.15. The molecule has 3 aromatic rings. The van der Waals surface area contributed by atoms with Crippen molar-refractivity contribution < 1.29 is 9.53 Å². The zero-order chi connectivity index (χ0) is 24.0. The molecule has 33 heavy (non-hydrogen) atoms. The van der Waals surface area contributed by atoms with Crippen molar-refractivity contribution in [1.82, 2.24) is 14.8 Å². The van der Waals surface area contributed by atoms with Crippen LogP contribution in [0.15, 0.2) is 60.3 Å². The summed E-state index contributed by atoms with van der Waals surface area (Å²) in [6, 6.07) is 12.9. The molecular formula is C24H26Cl2N4O2S. The predicted octanol–water partition coefficient (Wildman–Crippen LogP) is 6.38. The molecule has 0 saturated carbocycles. The van der Waals surface area contributed by atoms with Crippen molar-refractivity contribution in [3.63, 3.8) is 0 Å². The third-order valence-corrected chi connectivity index (χ3v) is 6.26. The summed E-state index contributed by atoms with van der Waals surface area (Å²) in [5, 5.41) is 12.7. The SMILES string of the molecule is C=CCn1c(COc2ccc(C(C)(C)C)cc2)nnc1SCC(=O)Nc1cc(Cl)ccc1Cl. The zero-order valence-corrected chi connectivity index (χ0v) is 21.1. The molecule has 0 spiro atoms. The quantitative estimate of drug-likeness (QED) is 0.270. The molecule has 0 aliphatic heterocycles. The van der Waals surface area contributed by atoms with E-state index in [0.29, 0.717) is 33.3 Å². The zero-order valence-electron chi connectivity index (χ0n) is 18.8. The minimum Gasteiger partial charge on any atom is -0.486 e. The van der Waals surface area contributed by atoms with Crippen LogP contribution in [0.5, 0.6) is 5.75 Å². The van der Waals surface area contributed by atoms with Gasteiger partial charge in [-0.05, 0) is 41.3 Å². The van der Waals surface area contributed by atoms with Crippen LogP contribution >= 0.6 is 35.0 Å². The highest BCUT2D eigenvalue weighted by Gasteiger charge is 2.16. The summed E-state index contributed by atoms with van der Waals surface area (Å²) in [5.41, 5.74) is 1.79. The monoisotopic (exact) mass is 504 g/mol. The van der Waals surface area contributed by atoms with Crippen LogP contribution in [0.3, 0.4) is 0 Å². The van der Waals surface area contributed by atoms with E-state index in [1.165, 1.54) is 17.3 Å². The fourth-order valence-electron chi connectivity index (χ4n) is 2.95. The Bertz CT molecular complexity index is 1120. The minimum atomic E-state index is -0.228. The Morgan fingerprint density at radius 3 is 2.58 bits per heavy atom. The van der Waals surface area contributed by atoms with Crippen molar-refractivity contribution in [3.05, 3.63) is 76.6 Å². The normalized spacial score (nSPS) is 11.3. The summed E-state index contributed by atoms with van der Waals surface area (Å²) in [6.45, 7) is 11.1. The Hall–Kier alpha value is -2.48. The number of ether oxygens (including phenoxy) is 1. The number of halogens is 2. The van der Waals surface area contributed by atoms with Crippen LogP contribution < -0.4 is 10.1 Å². The third kappa shape index (κ3) is 7.00. The van der Waals surface area contributed by atoms with E-state index in [0.717, 1.165) is 5.75 Å². The average molecular weight is 505 g/mol. The molecule has 1 amide bonds. The molecular weight excluding hydrogens is 479 g/mol. The maximum atomic E-state index is 12.4. The van der Waals surface area contributed by atoms with Crippen molar-refractivity contribution in [1.29, 1.82) is 0 Å². The summed E-state index contributed by atoms with van der Waals surface area (Å²) in [7, 11) is 0. The highest BCUT2D eigenvalue weighted by atomic mass is 35.5. The third-order valence-electron chi connectivity index (χ3n) is 4.73. The number of benzene rings is 2.